The molecule has 1 aliphatic heterocycles. The first-order chi connectivity index (χ1) is 16.0. The van der Waals surface area contributed by atoms with Crippen LogP contribution in [0.4, 0.5) is 4.79 Å². The van der Waals surface area contributed by atoms with E-state index in [2.05, 4.69) is 10.4 Å². The maximum Gasteiger partial charge on any atom is 0.317 e. The van der Waals surface area contributed by atoms with Crippen molar-refractivity contribution in [2.24, 2.45) is 5.10 Å². The Balaban J connectivity index is 1.90. The van der Waals surface area contributed by atoms with Crippen molar-refractivity contribution < 1.29 is 19.1 Å². The second-order valence-corrected chi connectivity index (χ2v) is 7.91. The summed E-state index contributed by atoms with van der Waals surface area (Å²) in [5.41, 5.74) is 2.42. The fourth-order valence-corrected chi connectivity index (χ4v) is 3.88. The Hall–Kier alpha value is -3.10. The van der Waals surface area contributed by atoms with Crippen LogP contribution in [0, 0.1) is 0 Å². The minimum Gasteiger partial charge on any atom is -0.497 e. The first-order valence-corrected chi connectivity index (χ1v) is 11.2. The lowest BCUT2D eigenvalue weighted by atomic mass is 9.98. The van der Waals surface area contributed by atoms with Gasteiger partial charge in [-0.25, -0.2) is 9.80 Å². The zero-order chi connectivity index (χ0) is 23.8. The molecule has 33 heavy (non-hydrogen) atoms. The highest BCUT2D eigenvalue weighted by Crippen LogP contribution is 2.35. The lowest BCUT2D eigenvalue weighted by molar-refractivity contribution is -0.133. The Morgan fingerprint density at radius 1 is 1.18 bits per heavy atom. The summed E-state index contributed by atoms with van der Waals surface area (Å²) in [5, 5.41) is 9.43. The van der Waals surface area contributed by atoms with Crippen molar-refractivity contribution in [3.05, 3.63) is 64.7 Å². The van der Waals surface area contributed by atoms with Gasteiger partial charge in [0.05, 0.1) is 25.5 Å². The number of benzene rings is 2. The van der Waals surface area contributed by atoms with E-state index >= 15 is 0 Å². The zero-order valence-electron chi connectivity index (χ0n) is 19.1. The SMILES string of the molecule is CCNC(=O)N(CCOC)CC(=O)N1N=C(c2ccccc2Cl)C[C@@H]1c1ccc(OC)cc1. The maximum absolute atomic E-state index is 13.4. The lowest BCUT2D eigenvalue weighted by Crippen LogP contribution is -2.47. The predicted molar refractivity (Wildman–Crippen MR) is 128 cm³/mol. The molecular weight excluding hydrogens is 444 g/mol. The zero-order valence-corrected chi connectivity index (χ0v) is 19.8. The standard InChI is InChI=1S/C24H29ClN4O4/c1-4-26-24(31)28(13-14-32-2)16-23(30)29-22(17-9-11-18(33-3)12-10-17)15-21(27-29)19-7-5-6-8-20(19)25/h5-12,22H,4,13-16H2,1-3H3,(H,26,31)/t22-/m1/s1. The van der Waals surface area contributed by atoms with Crippen molar-refractivity contribution in [3.63, 3.8) is 0 Å². The Morgan fingerprint density at radius 2 is 1.91 bits per heavy atom. The van der Waals surface area contributed by atoms with Gasteiger partial charge in [0.1, 0.15) is 12.3 Å². The number of urea groups is 1. The molecule has 0 saturated heterocycles. The molecule has 0 bridgehead atoms. The van der Waals surface area contributed by atoms with Crippen molar-refractivity contribution in [2.45, 2.75) is 19.4 Å². The second kappa shape index (κ2) is 11.7. The largest absolute Gasteiger partial charge is 0.497 e. The third-order valence-corrected chi connectivity index (χ3v) is 5.69. The van der Waals surface area contributed by atoms with E-state index < -0.39 is 0 Å². The number of carbonyl (C=O) groups is 2. The van der Waals surface area contributed by atoms with Gasteiger partial charge in [-0.15, -0.1) is 0 Å². The van der Waals surface area contributed by atoms with Crippen LogP contribution in [0.3, 0.4) is 0 Å². The molecule has 1 atom stereocenters. The van der Waals surface area contributed by atoms with E-state index in [1.807, 2.05) is 49.4 Å². The van der Waals surface area contributed by atoms with Crippen LogP contribution in [0.15, 0.2) is 53.6 Å². The van der Waals surface area contributed by atoms with E-state index in [1.165, 1.54) is 9.91 Å². The number of nitrogens with zero attached hydrogens (tertiary/aromatic N) is 3. The van der Waals surface area contributed by atoms with Crippen LogP contribution in [0.25, 0.3) is 0 Å². The molecule has 2 aromatic carbocycles. The summed E-state index contributed by atoms with van der Waals surface area (Å²) in [4.78, 5) is 27.3. The molecular formula is C24H29ClN4O4. The molecule has 9 heteroatoms. The van der Waals surface area contributed by atoms with Gasteiger partial charge in [0.2, 0.25) is 0 Å². The van der Waals surface area contributed by atoms with Crippen LogP contribution in [0.2, 0.25) is 5.02 Å². The molecule has 0 aromatic heterocycles. The quantitative estimate of drug-likeness (QED) is 0.603. The average Bonchev–Trinajstić information content (AvgIpc) is 3.27. The second-order valence-electron chi connectivity index (χ2n) is 7.51. The van der Waals surface area contributed by atoms with E-state index in [-0.39, 0.29) is 31.1 Å². The van der Waals surface area contributed by atoms with Gasteiger partial charge < -0.3 is 19.7 Å². The third kappa shape index (κ3) is 6.03. The van der Waals surface area contributed by atoms with Crippen LogP contribution in [-0.4, -0.2) is 68.0 Å². The van der Waals surface area contributed by atoms with Gasteiger partial charge in [-0.2, -0.15) is 5.10 Å². The van der Waals surface area contributed by atoms with Crippen LogP contribution < -0.4 is 10.1 Å². The number of hydrogen-bond donors (Lipinski definition) is 1. The Labute approximate surface area is 199 Å². The Bertz CT molecular complexity index is 996. The minimum absolute atomic E-state index is 0.124. The van der Waals surface area contributed by atoms with E-state index in [0.29, 0.717) is 24.6 Å². The van der Waals surface area contributed by atoms with E-state index in [9.17, 15) is 9.59 Å². The van der Waals surface area contributed by atoms with Gasteiger partial charge in [0, 0.05) is 37.2 Å². The van der Waals surface area contributed by atoms with E-state index in [1.54, 1.807) is 20.3 Å². The Morgan fingerprint density at radius 3 is 2.55 bits per heavy atom. The third-order valence-electron chi connectivity index (χ3n) is 5.36. The molecule has 1 aliphatic rings. The lowest BCUT2D eigenvalue weighted by Gasteiger charge is -2.27. The molecule has 0 unspecified atom stereocenters. The average molecular weight is 473 g/mol. The van der Waals surface area contributed by atoms with Gasteiger partial charge in [0.15, 0.2) is 0 Å². The van der Waals surface area contributed by atoms with Crippen LogP contribution >= 0.6 is 11.6 Å². The molecule has 1 N–H and O–H groups in total. The van der Waals surface area contributed by atoms with Gasteiger partial charge in [-0.3, -0.25) is 4.79 Å². The summed E-state index contributed by atoms with van der Waals surface area (Å²) in [6, 6.07) is 14.3. The highest BCUT2D eigenvalue weighted by molar-refractivity contribution is 6.34. The molecule has 0 aliphatic carbocycles. The number of rotatable bonds is 9. The number of ether oxygens (including phenoxy) is 2. The number of nitrogens with one attached hydrogen (secondary N) is 1. The molecule has 8 nitrogen and oxygen atoms in total. The van der Waals surface area contributed by atoms with Gasteiger partial charge in [0.25, 0.3) is 5.91 Å². The van der Waals surface area contributed by atoms with Crippen molar-refractivity contribution in [3.8, 4) is 5.75 Å². The topological polar surface area (TPSA) is 83.5 Å². The molecule has 2 aromatic rings. The highest BCUT2D eigenvalue weighted by atomic mass is 35.5. The number of methoxy groups -OCH3 is 2. The molecule has 0 radical (unpaired) electrons. The molecule has 0 fully saturated rings. The molecule has 3 rings (SSSR count). The molecule has 0 spiro atoms. The summed E-state index contributed by atoms with van der Waals surface area (Å²) in [5.74, 6) is 0.434. The molecule has 3 amide bonds. The summed E-state index contributed by atoms with van der Waals surface area (Å²) in [6.07, 6.45) is 0.501. The summed E-state index contributed by atoms with van der Waals surface area (Å²) in [6.45, 7) is 2.77. The fraction of sp³-hybridized carbons (Fsp3) is 0.375. The van der Waals surface area contributed by atoms with Gasteiger partial charge >= 0.3 is 6.03 Å². The maximum atomic E-state index is 13.4. The molecule has 1 heterocycles. The minimum atomic E-state index is -0.326. The molecule has 0 saturated carbocycles. The summed E-state index contributed by atoms with van der Waals surface area (Å²) >= 11 is 6.41. The first kappa shape index (κ1) is 24.5. The highest BCUT2D eigenvalue weighted by Gasteiger charge is 2.34. The number of hydrazone groups is 1. The molecule has 176 valence electrons. The van der Waals surface area contributed by atoms with Crippen molar-refractivity contribution in [1.29, 1.82) is 0 Å². The number of hydrogen-bond acceptors (Lipinski definition) is 5. The van der Waals surface area contributed by atoms with Gasteiger partial charge in [-0.1, -0.05) is 41.9 Å². The summed E-state index contributed by atoms with van der Waals surface area (Å²) < 4.78 is 10.4. The normalized spacial score (nSPS) is 15.2. The van der Waals surface area contributed by atoms with Crippen molar-refractivity contribution in [2.75, 3.05) is 40.5 Å². The van der Waals surface area contributed by atoms with Gasteiger partial charge in [-0.05, 0) is 30.7 Å². The van der Waals surface area contributed by atoms with E-state index in [4.69, 9.17) is 21.1 Å². The van der Waals surface area contributed by atoms with Crippen LogP contribution in [0.5, 0.6) is 5.75 Å². The monoisotopic (exact) mass is 472 g/mol. The number of carbonyl (C=O) groups excluding carboxylic acids is 2. The first-order valence-electron chi connectivity index (χ1n) is 10.8. The van der Waals surface area contributed by atoms with Crippen molar-refractivity contribution >= 4 is 29.3 Å². The van der Waals surface area contributed by atoms with E-state index in [0.717, 1.165) is 22.6 Å². The van der Waals surface area contributed by atoms with Crippen LogP contribution in [0.1, 0.15) is 30.5 Å². The smallest absolute Gasteiger partial charge is 0.317 e. The van der Waals surface area contributed by atoms with Crippen molar-refractivity contribution in [1.82, 2.24) is 15.2 Å². The number of amides is 3. The predicted octanol–water partition coefficient (Wildman–Crippen LogP) is 3.70. The fourth-order valence-electron chi connectivity index (χ4n) is 3.64. The Kier molecular flexibility index (Phi) is 8.68. The number of halogens is 1. The van der Waals surface area contributed by atoms with Crippen LogP contribution in [-0.2, 0) is 9.53 Å². The summed E-state index contributed by atoms with van der Waals surface area (Å²) in [7, 11) is 3.16.